The number of hydrogen-bond acceptors (Lipinski definition) is 3. The molecule has 2 N–H and O–H groups in total. The van der Waals surface area contributed by atoms with E-state index in [4.69, 9.17) is 0 Å². The van der Waals surface area contributed by atoms with Crippen LogP contribution in [0.3, 0.4) is 0 Å². The first-order valence-electron chi connectivity index (χ1n) is 5.27. The minimum Gasteiger partial charge on any atom is -0.355 e. The number of amides is 1. The van der Waals surface area contributed by atoms with E-state index in [9.17, 15) is 4.79 Å². The van der Waals surface area contributed by atoms with E-state index in [1.165, 1.54) is 12.2 Å². The molecule has 0 spiro atoms. The summed E-state index contributed by atoms with van der Waals surface area (Å²) in [6, 6.07) is 0. The molecule has 0 saturated carbocycles. The van der Waals surface area contributed by atoms with E-state index in [-0.39, 0.29) is 5.91 Å². The lowest BCUT2D eigenvalue weighted by molar-refractivity contribution is -0.120. The first-order valence-corrected chi connectivity index (χ1v) is 6.67. The van der Waals surface area contributed by atoms with Crippen LogP contribution in [0.5, 0.6) is 0 Å². The first-order chi connectivity index (χ1) is 6.81. The molecule has 0 aromatic heterocycles. The van der Waals surface area contributed by atoms with Crippen LogP contribution in [0.4, 0.5) is 0 Å². The van der Waals surface area contributed by atoms with Crippen molar-refractivity contribution in [2.75, 3.05) is 31.6 Å². The zero-order chi connectivity index (χ0) is 10.6. The Morgan fingerprint density at radius 2 is 2.07 bits per heavy atom. The van der Waals surface area contributed by atoms with Crippen molar-refractivity contribution in [2.45, 2.75) is 26.2 Å². The van der Waals surface area contributed by atoms with Gasteiger partial charge in [-0.15, -0.1) is 0 Å². The van der Waals surface area contributed by atoms with Crippen molar-refractivity contribution < 1.29 is 4.79 Å². The third kappa shape index (κ3) is 9.86. The van der Waals surface area contributed by atoms with Gasteiger partial charge in [-0.3, -0.25) is 4.79 Å². The predicted molar refractivity (Wildman–Crippen MR) is 63.8 cm³/mol. The molecule has 0 aliphatic carbocycles. The number of thioether (sulfide) groups is 1. The zero-order valence-electron chi connectivity index (χ0n) is 9.27. The molecule has 0 atom stereocenters. The highest BCUT2D eigenvalue weighted by molar-refractivity contribution is 7.98. The molecule has 0 bridgehead atoms. The SMILES string of the molecule is CCCNCC(=O)NCCCCSC. The standard InChI is InChI=1S/C10H22N2OS/c1-3-6-11-9-10(13)12-7-4-5-8-14-2/h11H,3-9H2,1-2H3,(H,12,13). The number of hydrogen-bond donors (Lipinski definition) is 2. The fraction of sp³-hybridized carbons (Fsp3) is 0.900. The molecule has 3 nitrogen and oxygen atoms in total. The molecule has 0 aliphatic rings. The largest absolute Gasteiger partial charge is 0.355 e. The maximum Gasteiger partial charge on any atom is 0.233 e. The molecule has 0 aromatic carbocycles. The van der Waals surface area contributed by atoms with Crippen molar-refractivity contribution in [1.82, 2.24) is 10.6 Å². The molecular formula is C10H22N2OS. The van der Waals surface area contributed by atoms with Gasteiger partial charge < -0.3 is 10.6 Å². The maximum absolute atomic E-state index is 11.2. The molecule has 0 aromatic rings. The second-order valence-corrected chi connectivity index (χ2v) is 4.21. The average Bonchev–Trinajstić information content (AvgIpc) is 2.18. The van der Waals surface area contributed by atoms with Gasteiger partial charge in [0.25, 0.3) is 0 Å². The van der Waals surface area contributed by atoms with E-state index in [2.05, 4.69) is 23.8 Å². The van der Waals surface area contributed by atoms with E-state index < -0.39 is 0 Å². The second-order valence-electron chi connectivity index (χ2n) is 3.23. The molecule has 14 heavy (non-hydrogen) atoms. The quantitative estimate of drug-likeness (QED) is 0.572. The second kappa shape index (κ2) is 10.9. The molecule has 0 aliphatic heterocycles. The fourth-order valence-corrected chi connectivity index (χ4v) is 1.53. The number of carbonyl (C=O) groups excluding carboxylic acids is 1. The summed E-state index contributed by atoms with van der Waals surface area (Å²) in [5.74, 6) is 1.30. The van der Waals surface area contributed by atoms with Crippen molar-refractivity contribution in [3.05, 3.63) is 0 Å². The van der Waals surface area contributed by atoms with Crippen molar-refractivity contribution in [2.24, 2.45) is 0 Å². The molecule has 4 heteroatoms. The highest BCUT2D eigenvalue weighted by Crippen LogP contribution is 1.97. The van der Waals surface area contributed by atoms with Crippen LogP contribution in [0.25, 0.3) is 0 Å². The minimum absolute atomic E-state index is 0.114. The van der Waals surface area contributed by atoms with Crippen molar-refractivity contribution in [1.29, 1.82) is 0 Å². The number of unbranched alkanes of at least 4 members (excludes halogenated alkanes) is 1. The van der Waals surface area contributed by atoms with Gasteiger partial charge in [0.1, 0.15) is 0 Å². The Hall–Kier alpha value is -0.220. The summed E-state index contributed by atoms with van der Waals surface area (Å²) in [6.07, 6.45) is 5.44. The van der Waals surface area contributed by atoms with Crippen LogP contribution in [0.2, 0.25) is 0 Å². The molecule has 0 radical (unpaired) electrons. The van der Waals surface area contributed by atoms with Gasteiger partial charge in [-0.05, 0) is 37.8 Å². The normalized spacial score (nSPS) is 10.1. The number of nitrogens with one attached hydrogen (secondary N) is 2. The van der Waals surface area contributed by atoms with Gasteiger partial charge in [-0.2, -0.15) is 11.8 Å². The third-order valence-corrected chi connectivity index (χ3v) is 2.51. The van der Waals surface area contributed by atoms with Crippen LogP contribution in [-0.4, -0.2) is 37.6 Å². The van der Waals surface area contributed by atoms with Gasteiger partial charge in [0.05, 0.1) is 6.54 Å². The number of carbonyl (C=O) groups is 1. The lowest BCUT2D eigenvalue weighted by Crippen LogP contribution is -2.34. The number of rotatable bonds is 9. The molecular weight excluding hydrogens is 196 g/mol. The zero-order valence-corrected chi connectivity index (χ0v) is 10.1. The van der Waals surface area contributed by atoms with Crippen LogP contribution in [0.1, 0.15) is 26.2 Å². The molecule has 0 unspecified atom stereocenters. The smallest absolute Gasteiger partial charge is 0.233 e. The van der Waals surface area contributed by atoms with Gasteiger partial charge in [0.15, 0.2) is 0 Å². The Bertz CT molecular complexity index is 142. The summed E-state index contributed by atoms with van der Waals surface area (Å²) in [4.78, 5) is 11.2. The monoisotopic (exact) mass is 218 g/mol. The minimum atomic E-state index is 0.114. The van der Waals surface area contributed by atoms with Crippen LogP contribution < -0.4 is 10.6 Å². The van der Waals surface area contributed by atoms with E-state index in [0.717, 1.165) is 25.9 Å². The van der Waals surface area contributed by atoms with Gasteiger partial charge in [-0.1, -0.05) is 6.92 Å². The summed E-state index contributed by atoms with van der Waals surface area (Å²) in [6.45, 7) is 4.27. The fourth-order valence-electron chi connectivity index (χ4n) is 1.04. The van der Waals surface area contributed by atoms with Crippen molar-refractivity contribution in [3.8, 4) is 0 Å². The van der Waals surface area contributed by atoms with Gasteiger partial charge in [0.2, 0.25) is 5.91 Å². The van der Waals surface area contributed by atoms with Crippen LogP contribution >= 0.6 is 11.8 Å². The molecule has 0 heterocycles. The lowest BCUT2D eigenvalue weighted by atomic mass is 10.3. The van der Waals surface area contributed by atoms with E-state index in [0.29, 0.717) is 6.54 Å². The summed E-state index contributed by atoms with van der Waals surface area (Å²) in [5, 5.41) is 5.96. The van der Waals surface area contributed by atoms with Crippen LogP contribution in [0.15, 0.2) is 0 Å². The Balaban J connectivity index is 3.10. The maximum atomic E-state index is 11.2. The van der Waals surface area contributed by atoms with Gasteiger partial charge in [0, 0.05) is 6.54 Å². The Morgan fingerprint density at radius 1 is 1.29 bits per heavy atom. The summed E-state index contributed by atoms with van der Waals surface area (Å²) < 4.78 is 0. The summed E-state index contributed by atoms with van der Waals surface area (Å²) in [5.41, 5.74) is 0. The predicted octanol–water partition coefficient (Wildman–Crippen LogP) is 1.25. The van der Waals surface area contributed by atoms with Gasteiger partial charge >= 0.3 is 0 Å². The molecule has 0 rings (SSSR count). The Morgan fingerprint density at radius 3 is 2.71 bits per heavy atom. The van der Waals surface area contributed by atoms with E-state index in [1.807, 2.05) is 11.8 Å². The average molecular weight is 218 g/mol. The van der Waals surface area contributed by atoms with Crippen molar-refractivity contribution >= 4 is 17.7 Å². The molecule has 1 amide bonds. The van der Waals surface area contributed by atoms with E-state index in [1.54, 1.807) is 0 Å². The van der Waals surface area contributed by atoms with E-state index >= 15 is 0 Å². The summed E-state index contributed by atoms with van der Waals surface area (Å²) in [7, 11) is 0. The van der Waals surface area contributed by atoms with Gasteiger partial charge in [-0.25, -0.2) is 0 Å². The molecule has 0 saturated heterocycles. The van der Waals surface area contributed by atoms with Crippen LogP contribution in [-0.2, 0) is 4.79 Å². The first kappa shape index (κ1) is 13.8. The topological polar surface area (TPSA) is 41.1 Å². The van der Waals surface area contributed by atoms with Crippen molar-refractivity contribution in [3.63, 3.8) is 0 Å². The molecule has 0 fully saturated rings. The highest BCUT2D eigenvalue weighted by atomic mass is 32.2. The Labute approximate surface area is 91.4 Å². The summed E-state index contributed by atoms with van der Waals surface area (Å²) >= 11 is 1.85. The molecule has 84 valence electrons. The highest BCUT2D eigenvalue weighted by Gasteiger charge is 1.97. The Kier molecular flexibility index (Phi) is 10.7. The van der Waals surface area contributed by atoms with Crippen LogP contribution in [0, 0.1) is 0 Å². The third-order valence-electron chi connectivity index (χ3n) is 1.81. The lowest BCUT2D eigenvalue weighted by Gasteiger charge is -2.05.